The monoisotopic (exact) mass is 394 g/mol. The molecule has 2 aromatic rings. The molecule has 0 radical (unpaired) electrons. The van der Waals surface area contributed by atoms with Crippen molar-refractivity contribution in [1.82, 2.24) is 0 Å². The van der Waals surface area contributed by atoms with E-state index in [1.807, 2.05) is 42.7 Å². The first kappa shape index (κ1) is 19.5. The first-order chi connectivity index (χ1) is 12.6. The number of thioether (sulfide) groups is 1. The molecular weight excluding hydrogens is 372 g/mol. The van der Waals surface area contributed by atoms with Crippen LogP contribution in [0.25, 0.3) is 0 Å². The Kier molecular flexibility index (Phi) is 6.84. The maximum atomic E-state index is 10.1. The van der Waals surface area contributed by atoms with Crippen LogP contribution in [0.15, 0.2) is 42.5 Å². The molecule has 26 heavy (non-hydrogen) atoms. The van der Waals surface area contributed by atoms with E-state index < -0.39 is 0 Å². The minimum Gasteiger partial charge on any atom is -0.468 e. The highest BCUT2D eigenvalue weighted by Crippen LogP contribution is 2.36. The summed E-state index contributed by atoms with van der Waals surface area (Å²) in [5, 5.41) is 19.6. The maximum Gasteiger partial charge on any atom is 0.186 e. The zero-order valence-corrected chi connectivity index (χ0v) is 16.2. The maximum absolute atomic E-state index is 10.1. The molecule has 140 valence electrons. The molecule has 0 aliphatic carbocycles. The van der Waals surface area contributed by atoms with Gasteiger partial charge in [0.1, 0.15) is 11.2 Å². The number of halogens is 1. The molecule has 1 heterocycles. The van der Waals surface area contributed by atoms with E-state index in [0.29, 0.717) is 30.0 Å². The van der Waals surface area contributed by atoms with Gasteiger partial charge in [-0.3, -0.25) is 0 Å². The normalized spacial score (nSPS) is 23.0. The Bertz CT molecular complexity index is 722. The zero-order chi connectivity index (χ0) is 18.5. The van der Waals surface area contributed by atoms with Crippen LogP contribution in [0.3, 0.4) is 0 Å². The summed E-state index contributed by atoms with van der Waals surface area (Å²) in [5.74, 6) is 0.629. The summed E-state index contributed by atoms with van der Waals surface area (Å²) in [6.45, 7) is -0.336. The largest absolute Gasteiger partial charge is 0.468 e. The average Bonchev–Trinajstić information content (AvgIpc) is 2.64. The zero-order valence-electron chi connectivity index (χ0n) is 14.6. The molecule has 2 N–H and O–H groups in total. The molecule has 0 spiro atoms. The average molecular weight is 395 g/mol. The van der Waals surface area contributed by atoms with Crippen molar-refractivity contribution in [1.29, 1.82) is 0 Å². The Morgan fingerprint density at radius 3 is 2.65 bits per heavy atom. The molecule has 0 unspecified atom stereocenters. The lowest BCUT2D eigenvalue weighted by Crippen LogP contribution is -2.29. The molecule has 1 saturated heterocycles. The molecule has 0 amide bonds. The molecule has 0 saturated carbocycles. The fourth-order valence-electron chi connectivity index (χ4n) is 3.15. The Balaban J connectivity index is 1.77. The summed E-state index contributed by atoms with van der Waals surface area (Å²) < 4.78 is 11.2. The second-order valence-electron chi connectivity index (χ2n) is 6.36. The van der Waals surface area contributed by atoms with Crippen molar-refractivity contribution in [2.75, 3.05) is 13.0 Å². The number of hydrogen-bond donors (Lipinski definition) is 2. The van der Waals surface area contributed by atoms with Crippen molar-refractivity contribution in [3.63, 3.8) is 0 Å². The van der Waals surface area contributed by atoms with Gasteiger partial charge in [-0.25, -0.2) is 0 Å². The number of ether oxygens (including phenoxy) is 2. The third kappa shape index (κ3) is 4.93. The topological polar surface area (TPSA) is 58.9 Å². The Morgan fingerprint density at radius 2 is 1.96 bits per heavy atom. The Hall–Kier alpha value is -1.24. The van der Waals surface area contributed by atoms with Gasteiger partial charge >= 0.3 is 0 Å². The molecular formula is C20H23ClO4S. The summed E-state index contributed by atoms with van der Waals surface area (Å²) in [7, 11) is 0. The summed E-state index contributed by atoms with van der Waals surface area (Å²) in [5.41, 5.74) is 3.18. The van der Waals surface area contributed by atoms with Crippen molar-refractivity contribution in [2.45, 2.75) is 36.9 Å². The first-order valence-electron chi connectivity index (χ1n) is 8.56. The molecule has 0 aromatic heterocycles. The predicted octanol–water partition coefficient (Wildman–Crippen LogP) is 4.16. The van der Waals surface area contributed by atoms with E-state index >= 15 is 0 Å². The fraction of sp³-hybridized carbons (Fsp3) is 0.400. The number of aliphatic hydroxyl groups excluding tert-OH is 2. The Morgan fingerprint density at radius 1 is 1.19 bits per heavy atom. The molecule has 3 rings (SSSR count). The molecule has 3 atom stereocenters. The van der Waals surface area contributed by atoms with Crippen LogP contribution in [0.4, 0.5) is 0 Å². The van der Waals surface area contributed by atoms with Crippen LogP contribution in [0, 0.1) is 0 Å². The van der Waals surface area contributed by atoms with E-state index in [4.69, 9.17) is 26.2 Å². The highest BCUT2D eigenvalue weighted by molar-refractivity contribution is 7.99. The lowest BCUT2D eigenvalue weighted by molar-refractivity contribution is -0.0605. The predicted molar refractivity (Wildman–Crippen MR) is 105 cm³/mol. The van der Waals surface area contributed by atoms with Crippen LogP contribution in [-0.4, -0.2) is 34.8 Å². The summed E-state index contributed by atoms with van der Waals surface area (Å²) in [6.07, 6.45) is 3.49. The van der Waals surface area contributed by atoms with Gasteiger partial charge in [-0.05, 0) is 47.6 Å². The molecule has 0 bridgehead atoms. The van der Waals surface area contributed by atoms with Crippen LogP contribution >= 0.6 is 23.4 Å². The van der Waals surface area contributed by atoms with E-state index in [-0.39, 0.29) is 24.4 Å². The van der Waals surface area contributed by atoms with Gasteiger partial charge in [0.2, 0.25) is 0 Å². The quantitative estimate of drug-likeness (QED) is 0.720. The van der Waals surface area contributed by atoms with Gasteiger partial charge in [0.05, 0.1) is 12.2 Å². The van der Waals surface area contributed by atoms with Gasteiger partial charge in [-0.15, -0.1) is 11.8 Å². The van der Waals surface area contributed by atoms with E-state index in [1.54, 1.807) is 11.8 Å². The fourth-order valence-corrected chi connectivity index (χ4v) is 4.00. The van der Waals surface area contributed by atoms with E-state index in [9.17, 15) is 5.11 Å². The number of rotatable bonds is 6. The van der Waals surface area contributed by atoms with Crippen molar-refractivity contribution >= 4 is 23.4 Å². The minimum atomic E-state index is -0.343. The van der Waals surface area contributed by atoms with Gasteiger partial charge in [-0.1, -0.05) is 35.9 Å². The SMILES string of the molecule is CS[C@@H]1C[C@H](O)C[C@H](c2ccc(Cl)c(Cc3ccc(OCO)cc3)c2)O1. The van der Waals surface area contributed by atoms with Gasteiger partial charge in [0, 0.05) is 17.9 Å². The summed E-state index contributed by atoms with van der Waals surface area (Å²) >= 11 is 8.02. The lowest BCUT2D eigenvalue weighted by Gasteiger charge is -2.32. The minimum absolute atomic E-state index is 0.0157. The van der Waals surface area contributed by atoms with Gasteiger partial charge in [0.25, 0.3) is 0 Å². The van der Waals surface area contributed by atoms with Crippen LogP contribution in [0.5, 0.6) is 5.75 Å². The summed E-state index contributed by atoms with van der Waals surface area (Å²) in [4.78, 5) is 0. The highest BCUT2D eigenvalue weighted by Gasteiger charge is 2.29. The van der Waals surface area contributed by atoms with Crippen LogP contribution in [0.1, 0.15) is 35.6 Å². The molecule has 1 aliphatic rings. The van der Waals surface area contributed by atoms with E-state index in [1.165, 1.54) is 0 Å². The molecule has 1 aliphatic heterocycles. The van der Waals surface area contributed by atoms with Crippen LogP contribution < -0.4 is 4.74 Å². The second kappa shape index (κ2) is 9.11. The third-order valence-electron chi connectivity index (χ3n) is 4.52. The Labute approximate surface area is 163 Å². The van der Waals surface area contributed by atoms with Crippen molar-refractivity contribution < 1.29 is 19.7 Å². The van der Waals surface area contributed by atoms with E-state index in [2.05, 4.69) is 6.07 Å². The van der Waals surface area contributed by atoms with Crippen LogP contribution in [-0.2, 0) is 11.2 Å². The van der Waals surface area contributed by atoms with Gasteiger partial charge in [0.15, 0.2) is 6.79 Å². The summed E-state index contributed by atoms with van der Waals surface area (Å²) in [6, 6.07) is 13.5. The molecule has 6 heteroatoms. The van der Waals surface area contributed by atoms with Crippen molar-refractivity contribution in [3.8, 4) is 5.75 Å². The van der Waals surface area contributed by atoms with Gasteiger partial charge in [-0.2, -0.15) is 0 Å². The lowest BCUT2D eigenvalue weighted by atomic mass is 9.96. The molecule has 2 aromatic carbocycles. The number of hydrogen-bond acceptors (Lipinski definition) is 5. The van der Waals surface area contributed by atoms with Crippen molar-refractivity contribution in [3.05, 3.63) is 64.2 Å². The smallest absolute Gasteiger partial charge is 0.186 e. The highest BCUT2D eigenvalue weighted by atomic mass is 35.5. The van der Waals surface area contributed by atoms with E-state index in [0.717, 1.165) is 16.7 Å². The first-order valence-corrected chi connectivity index (χ1v) is 10.2. The molecule has 1 fully saturated rings. The number of benzene rings is 2. The van der Waals surface area contributed by atoms with Crippen LogP contribution in [0.2, 0.25) is 5.02 Å². The van der Waals surface area contributed by atoms with Gasteiger partial charge < -0.3 is 19.7 Å². The standard InChI is InChI=1S/C20H23ClO4S/c1-26-20-11-16(23)10-19(25-20)14-4-7-18(21)15(9-14)8-13-2-5-17(6-3-13)24-12-22/h2-7,9,16,19-20,22-23H,8,10-12H2,1H3/t16-,19-,20-/m1/s1. The third-order valence-corrected chi connectivity index (χ3v) is 5.72. The molecule has 4 nitrogen and oxygen atoms in total. The number of aliphatic hydroxyl groups is 2. The second-order valence-corrected chi connectivity index (χ2v) is 7.76. The van der Waals surface area contributed by atoms with Crippen molar-refractivity contribution in [2.24, 2.45) is 0 Å².